The molecule has 1 heteroatoms. The van der Waals surface area contributed by atoms with Crippen LogP contribution in [0.4, 0.5) is 17.1 Å². The van der Waals surface area contributed by atoms with Gasteiger partial charge in [-0.15, -0.1) is 0 Å². The molecule has 0 saturated carbocycles. The van der Waals surface area contributed by atoms with Crippen molar-refractivity contribution < 1.29 is 0 Å². The maximum Gasteiger partial charge on any atom is 0.0546 e. The lowest BCUT2D eigenvalue weighted by atomic mass is 9.90. The molecular weight excluding hydrogens is 591 g/mol. The number of nitrogens with zero attached hydrogens (tertiary/aromatic N) is 1. The SMILES string of the molecule is c1ccc(-c2cccc(N(c3ccc4ccccc4c3)c3cccc(-c4ccc5ccccc5c4)c3-c3ccc4ccccc4c3)c2)cc1. The van der Waals surface area contributed by atoms with Crippen LogP contribution in [0, 0.1) is 0 Å². The van der Waals surface area contributed by atoms with Crippen molar-refractivity contribution in [1.82, 2.24) is 0 Å². The zero-order chi connectivity index (χ0) is 32.6. The maximum atomic E-state index is 2.44. The Morgan fingerprint density at radius 2 is 0.776 bits per heavy atom. The summed E-state index contributed by atoms with van der Waals surface area (Å²) >= 11 is 0. The van der Waals surface area contributed by atoms with Crippen LogP contribution in [-0.4, -0.2) is 0 Å². The highest BCUT2D eigenvalue weighted by molar-refractivity contribution is 6.02. The van der Waals surface area contributed by atoms with E-state index in [0.29, 0.717) is 0 Å². The molecule has 9 rings (SSSR count). The zero-order valence-electron chi connectivity index (χ0n) is 27.0. The first-order chi connectivity index (χ1) is 24.3. The van der Waals surface area contributed by atoms with E-state index >= 15 is 0 Å². The first-order valence-corrected chi connectivity index (χ1v) is 16.8. The molecular formula is C48H33N. The molecule has 0 heterocycles. The fourth-order valence-corrected chi connectivity index (χ4v) is 7.17. The van der Waals surface area contributed by atoms with Gasteiger partial charge >= 0.3 is 0 Å². The Bertz CT molecular complexity index is 2620. The van der Waals surface area contributed by atoms with E-state index in [4.69, 9.17) is 0 Å². The minimum atomic E-state index is 1.11. The molecule has 49 heavy (non-hydrogen) atoms. The van der Waals surface area contributed by atoms with Crippen LogP contribution in [0.2, 0.25) is 0 Å². The van der Waals surface area contributed by atoms with Crippen molar-refractivity contribution >= 4 is 49.4 Å². The number of rotatable bonds is 6. The molecule has 0 aliphatic heterocycles. The van der Waals surface area contributed by atoms with E-state index in [2.05, 4.69) is 205 Å². The van der Waals surface area contributed by atoms with Crippen LogP contribution in [0.5, 0.6) is 0 Å². The molecule has 0 fully saturated rings. The summed E-state index contributed by atoms with van der Waals surface area (Å²) < 4.78 is 0. The second-order valence-electron chi connectivity index (χ2n) is 12.6. The monoisotopic (exact) mass is 623 g/mol. The summed E-state index contributed by atoms with van der Waals surface area (Å²) in [5.74, 6) is 0. The standard InChI is InChI=1S/C48H33N/c1-2-12-34(13-3-1)41-20-10-21-44(32-41)49(45-29-28-37-16-6-9-19-40(37)33-45)47-23-11-22-46(42-26-24-35-14-4-7-17-38(35)30-42)48(47)43-27-25-36-15-5-8-18-39(36)31-43/h1-33H. The molecule has 9 aromatic carbocycles. The van der Waals surface area contributed by atoms with Gasteiger partial charge in [0.1, 0.15) is 0 Å². The van der Waals surface area contributed by atoms with Crippen LogP contribution in [0.25, 0.3) is 65.7 Å². The topological polar surface area (TPSA) is 3.24 Å². The van der Waals surface area contributed by atoms with Gasteiger partial charge in [0, 0.05) is 16.9 Å². The van der Waals surface area contributed by atoms with Gasteiger partial charge in [0.2, 0.25) is 0 Å². The number of hydrogen-bond donors (Lipinski definition) is 0. The van der Waals surface area contributed by atoms with Gasteiger partial charge in [-0.05, 0) is 103 Å². The van der Waals surface area contributed by atoms with Gasteiger partial charge in [0.25, 0.3) is 0 Å². The lowest BCUT2D eigenvalue weighted by Crippen LogP contribution is -2.12. The lowest BCUT2D eigenvalue weighted by molar-refractivity contribution is 1.29. The first-order valence-electron chi connectivity index (χ1n) is 16.8. The first kappa shape index (κ1) is 28.8. The molecule has 0 radical (unpaired) electrons. The fourth-order valence-electron chi connectivity index (χ4n) is 7.17. The molecule has 0 unspecified atom stereocenters. The van der Waals surface area contributed by atoms with Gasteiger partial charge in [-0.2, -0.15) is 0 Å². The van der Waals surface area contributed by atoms with E-state index in [0.717, 1.165) is 17.1 Å². The van der Waals surface area contributed by atoms with Gasteiger partial charge in [-0.1, -0.05) is 158 Å². The van der Waals surface area contributed by atoms with Crippen molar-refractivity contribution in [2.45, 2.75) is 0 Å². The Labute approximate surface area is 287 Å². The van der Waals surface area contributed by atoms with Crippen molar-refractivity contribution in [2.75, 3.05) is 4.90 Å². The van der Waals surface area contributed by atoms with Gasteiger partial charge in [0.15, 0.2) is 0 Å². The molecule has 0 bridgehead atoms. The van der Waals surface area contributed by atoms with Gasteiger partial charge in [0.05, 0.1) is 5.69 Å². The molecule has 0 saturated heterocycles. The summed E-state index contributed by atoms with van der Waals surface area (Å²) in [4.78, 5) is 2.44. The molecule has 0 aromatic heterocycles. The second kappa shape index (κ2) is 12.3. The second-order valence-corrected chi connectivity index (χ2v) is 12.6. The van der Waals surface area contributed by atoms with Crippen molar-refractivity contribution in [1.29, 1.82) is 0 Å². The van der Waals surface area contributed by atoms with E-state index < -0.39 is 0 Å². The molecule has 0 atom stereocenters. The molecule has 0 amide bonds. The summed E-state index contributed by atoms with van der Waals surface area (Å²) in [6.45, 7) is 0. The molecule has 1 nitrogen and oxygen atoms in total. The summed E-state index contributed by atoms with van der Waals surface area (Å²) in [6.07, 6.45) is 0. The van der Waals surface area contributed by atoms with E-state index in [1.54, 1.807) is 0 Å². The van der Waals surface area contributed by atoms with E-state index in [1.165, 1.54) is 65.7 Å². The molecule has 0 aliphatic rings. The fraction of sp³-hybridized carbons (Fsp3) is 0. The Morgan fingerprint density at radius 1 is 0.265 bits per heavy atom. The smallest absolute Gasteiger partial charge is 0.0546 e. The Balaban J connectivity index is 1.34. The van der Waals surface area contributed by atoms with Crippen molar-refractivity contribution in [3.05, 3.63) is 200 Å². The zero-order valence-corrected chi connectivity index (χ0v) is 27.0. The predicted molar refractivity (Wildman–Crippen MR) is 210 cm³/mol. The highest BCUT2D eigenvalue weighted by Gasteiger charge is 2.22. The van der Waals surface area contributed by atoms with Crippen molar-refractivity contribution in [3.8, 4) is 33.4 Å². The van der Waals surface area contributed by atoms with Gasteiger partial charge in [-0.3, -0.25) is 0 Å². The van der Waals surface area contributed by atoms with Crippen LogP contribution in [0.15, 0.2) is 200 Å². The predicted octanol–water partition coefficient (Wildman–Crippen LogP) is 13.6. The molecule has 0 spiro atoms. The van der Waals surface area contributed by atoms with E-state index in [1.807, 2.05) is 0 Å². The molecule has 0 N–H and O–H groups in total. The number of hydrogen-bond acceptors (Lipinski definition) is 1. The van der Waals surface area contributed by atoms with Crippen LogP contribution < -0.4 is 4.90 Å². The Kier molecular flexibility index (Phi) is 7.22. The summed E-state index contributed by atoms with van der Waals surface area (Å²) in [5.41, 5.74) is 10.5. The molecule has 0 aliphatic carbocycles. The Hall–Kier alpha value is -6.44. The van der Waals surface area contributed by atoms with Crippen molar-refractivity contribution in [3.63, 3.8) is 0 Å². The van der Waals surface area contributed by atoms with Crippen LogP contribution >= 0.6 is 0 Å². The number of anilines is 3. The minimum absolute atomic E-state index is 1.11. The summed E-state index contributed by atoms with van der Waals surface area (Å²) in [5, 5.41) is 7.37. The van der Waals surface area contributed by atoms with Crippen LogP contribution in [0.3, 0.4) is 0 Å². The largest absolute Gasteiger partial charge is 0.310 e. The number of benzene rings is 9. The van der Waals surface area contributed by atoms with Crippen LogP contribution in [0.1, 0.15) is 0 Å². The average Bonchev–Trinajstić information content (AvgIpc) is 3.18. The van der Waals surface area contributed by atoms with E-state index in [-0.39, 0.29) is 0 Å². The minimum Gasteiger partial charge on any atom is -0.310 e. The summed E-state index contributed by atoms with van der Waals surface area (Å²) in [6, 6.07) is 72.7. The average molecular weight is 624 g/mol. The molecule has 230 valence electrons. The van der Waals surface area contributed by atoms with Gasteiger partial charge < -0.3 is 4.90 Å². The maximum absolute atomic E-state index is 2.44. The third kappa shape index (κ3) is 5.42. The lowest BCUT2D eigenvalue weighted by Gasteiger charge is -2.30. The normalized spacial score (nSPS) is 11.3. The highest BCUT2D eigenvalue weighted by atomic mass is 15.1. The Morgan fingerprint density at radius 3 is 1.47 bits per heavy atom. The van der Waals surface area contributed by atoms with Crippen LogP contribution in [-0.2, 0) is 0 Å². The summed E-state index contributed by atoms with van der Waals surface area (Å²) in [7, 11) is 0. The third-order valence-corrected chi connectivity index (χ3v) is 9.58. The third-order valence-electron chi connectivity index (χ3n) is 9.58. The quantitative estimate of drug-likeness (QED) is 0.178. The van der Waals surface area contributed by atoms with E-state index in [9.17, 15) is 0 Å². The highest BCUT2D eigenvalue weighted by Crippen LogP contribution is 2.47. The number of fused-ring (bicyclic) bond motifs is 3. The molecule has 9 aromatic rings. The van der Waals surface area contributed by atoms with Crippen molar-refractivity contribution in [2.24, 2.45) is 0 Å². The van der Waals surface area contributed by atoms with Gasteiger partial charge in [-0.25, -0.2) is 0 Å².